The number of likely N-dealkylation sites (tertiary alicyclic amines) is 1. The summed E-state index contributed by atoms with van der Waals surface area (Å²) in [6, 6.07) is 12.0. The van der Waals surface area contributed by atoms with E-state index in [4.69, 9.17) is 9.47 Å². The summed E-state index contributed by atoms with van der Waals surface area (Å²) in [6.07, 6.45) is 1.59. The maximum atomic E-state index is 12.4. The van der Waals surface area contributed by atoms with Gasteiger partial charge in [-0.05, 0) is 57.0 Å². The zero-order chi connectivity index (χ0) is 22.5. The molecule has 1 amide bonds. The molecule has 7 heteroatoms. The standard InChI is InChI=1S/C24H34N2O4S/c1-23(2,3)30-22(27)25-19(16-18-8-6-5-7-9-18)17-26-13-11-24(28,12-14-26)21-20(29-4)10-15-31-21/h5-10,15,19,28H,11-14,16-17H2,1-4H3,(H,25,27). The molecule has 0 aliphatic carbocycles. The molecule has 170 valence electrons. The van der Waals surface area contributed by atoms with Crippen LogP contribution < -0.4 is 10.1 Å². The normalized spacial score (nSPS) is 17.7. The molecule has 1 unspecified atom stereocenters. The number of hydrogen-bond acceptors (Lipinski definition) is 6. The average molecular weight is 447 g/mol. The fourth-order valence-corrected chi connectivity index (χ4v) is 4.99. The van der Waals surface area contributed by atoms with Crippen molar-refractivity contribution in [1.82, 2.24) is 10.2 Å². The number of amides is 1. The van der Waals surface area contributed by atoms with Crippen molar-refractivity contribution in [2.24, 2.45) is 0 Å². The van der Waals surface area contributed by atoms with Gasteiger partial charge >= 0.3 is 6.09 Å². The number of aliphatic hydroxyl groups is 1. The number of thiophene rings is 1. The van der Waals surface area contributed by atoms with Gasteiger partial charge in [-0.25, -0.2) is 4.79 Å². The van der Waals surface area contributed by atoms with Crippen LogP contribution in [0.2, 0.25) is 0 Å². The van der Waals surface area contributed by atoms with Crippen molar-refractivity contribution >= 4 is 17.4 Å². The Bertz CT molecular complexity index is 839. The molecule has 6 nitrogen and oxygen atoms in total. The lowest BCUT2D eigenvalue weighted by Gasteiger charge is -2.39. The van der Waals surface area contributed by atoms with Crippen LogP contribution in [0.15, 0.2) is 41.8 Å². The second-order valence-electron chi connectivity index (χ2n) is 9.18. The van der Waals surface area contributed by atoms with Gasteiger partial charge in [0.1, 0.15) is 17.0 Å². The second kappa shape index (κ2) is 10.0. The minimum absolute atomic E-state index is 0.0836. The molecule has 1 aromatic carbocycles. The van der Waals surface area contributed by atoms with E-state index in [1.807, 2.05) is 50.4 Å². The lowest BCUT2D eigenvalue weighted by molar-refractivity contribution is -0.0264. The van der Waals surface area contributed by atoms with Crippen LogP contribution in [0.25, 0.3) is 0 Å². The van der Waals surface area contributed by atoms with E-state index in [1.54, 1.807) is 18.4 Å². The van der Waals surface area contributed by atoms with E-state index < -0.39 is 17.3 Å². The molecule has 1 aliphatic rings. The van der Waals surface area contributed by atoms with Crippen LogP contribution in [0.3, 0.4) is 0 Å². The van der Waals surface area contributed by atoms with Crippen molar-refractivity contribution in [3.05, 3.63) is 52.2 Å². The first-order chi connectivity index (χ1) is 14.7. The van der Waals surface area contributed by atoms with Crippen LogP contribution >= 0.6 is 11.3 Å². The SMILES string of the molecule is COc1ccsc1C1(O)CCN(CC(Cc2ccccc2)NC(=O)OC(C)(C)C)CC1. The number of piperidine rings is 1. The first kappa shape index (κ1) is 23.6. The first-order valence-electron chi connectivity index (χ1n) is 10.8. The van der Waals surface area contributed by atoms with E-state index in [2.05, 4.69) is 22.3 Å². The molecule has 1 atom stereocenters. The van der Waals surface area contributed by atoms with E-state index in [9.17, 15) is 9.90 Å². The molecule has 3 rings (SSSR count). The molecule has 2 aromatic rings. The highest BCUT2D eigenvalue weighted by Crippen LogP contribution is 2.41. The number of carbonyl (C=O) groups is 1. The molecule has 0 saturated carbocycles. The summed E-state index contributed by atoms with van der Waals surface area (Å²) in [7, 11) is 1.64. The van der Waals surface area contributed by atoms with Crippen molar-refractivity contribution in [3.63, 3.8) is 0 Å². The van der Waals surface area contributed by atoms with Gasteiger partial charge in [-0.1, -0.05) is 30.3 Å². The number of alkyl carbamates (subject to hydrolysis) is 1. The zero-order valence-corrected chi connectivity index (χ0v) is 19.7. The summed E-state index contributed by atoms with van der Waals surface area (Å²) < 4.78 is 10.9. The Morgan fingerprint density at radius 3 is 2.52 bits per heavy atom. The van der Waals surface area contributed by atoms with Crippen LogP contribution in [0.4, 0.5) is 4.79 Å². The number of rotatable bonds is 7. The number of hydrogen-bond donors (Lipinski definition) is 2. The second-order valence-corrected chi connectivity index (χ2v) is 10.1. The summed E-state index contributed by atoms with van der Waals surface area (Å²) in [5, 5.41) is 16.2. The van der Waals surface area contributed by atoms with Crippen LogP contribution in [-0.4, -0.2) is 54.5 Å². The predicted molar refractivity (Wildman–Crippen MR) is 124 cm³/mol. The molecule has 2 heterocycles. The third-order valence-electron chi connectivity index (χ3n) is 5.48. The highest BCUT2D eigenvalue weighted by atomic mass is 32.1. The lowest BCUT2D eigenvalue weighted by atomic mass is 9.89. The molecule has 2 N–H and O–H groups in total. The van der Waals surface area contributed by atoms with Gasteiger partial charge < -0.3 is 24.8 Å². The van der Waals surface area contributed by atoms with E-state index in [0.717, 1.165) is 30.1 Å². The number of carbonyl (C=O) groups excluding carboxylic acids is 1. The van der Waals surface area contributed by atoms with Crippen LogP contribution in [0, 0.1) is 0 Å². The molecule has 1 fully saturated rings. The lowest BCUT2D eigenvalue weighted by Crippen LogP contribution is -2.50. The maximum Gasteiger partial charge on any atom is 0.407 e. The van der Waals surface area contributed by atoms with Crippen LogP contribution in [-0.2, 0) is 16.8 Å². The van der Waals surface area contributed by atoms with Crippen molar-refractivity contribution in [1.29, 1.82) is 0 Å². The third-order valence-corrected chi connectivity index (χ3v) is 6.57. The highest BCUT2D eigenvalue weighted by Gasteiger charge is 2.38. The summed E-state index contributed by atoms with van der Waals surface area (Å²) in [5.74, 6) is 0.759. The topological polar surface area (TPSA) is 71.0 Å². The van der Waals surface area contributed by atoms with E-state index in [-0.39, 0.29) is 6.04 Å². The van der Waals surface area contributed by atoms with Gasteiger partial charge in [-0.2, -0.15) is 0 Å². The Kier molecular flexibility index (Phi) is 7.62. The molecule has 0 spiro atoms. The van der Waals surface area contributed by atoms with Crippen LogP contribution in [0.1, 0.15) is 44.1 Å². The van der Waals surface area contributed by atoms with E-state index in [0.29, 0.717) is 19.4 Å². The van der Waals surface area contributed by atoms with Gasteiger partial charge in [0.2, 0.25) is 0 Å². The Balaban J connectivity index is 1.63. The maximum absolute atomic E-state index is 12.4. The number of benzene rings is 1. The average Bonchev–Trinajstić information content (AvgIpc) is 3.19. The Hall–Kier alpha value is -2.09. The predicted octanol–water partition coefficient (Wildman–Crippen LogP) is 4.18. The Morgan fingerprint density at radius 1 is 1.23 bits per heavy atom. The highest BCUT2D eigenvalue weighted by molar-refractivity contribution is 7.10. The first-order valence-corrected chi connectivity index (χ1v) is 11.7. The monoisotopic (exact) mass is 446 g/mol. The fraction of sp³-hybridized carbons (Fsp3) is 0.542. The number of nitrogens with zero attached hydrogens (tertiary/aromatic N) is 1. The molecule has 1 aliphatic heterocycles. The molecule has 31 heavy (non-hydrogen) atoms. The fourth-order valence-electron chi connectivity index (χ4n) is 3.98. The Labute approximate surface area is 189 Å². The van der Waals surface area contributed by atoms with E-state index in [1.165, 1.54) is 5.56 Å². The number of ether oxygens (including phenoxy) is 2. The molecule has 1 saturated heterocycles. The Morgan fingerprint density at radius 2 is 1.90 bits per heavy atom. The third kappa shape index (κ3) is 6.69. The summed E-state index contributed by atoms with van der Waals surface area (Å²) in [5.41, 5.74) is -0.230. The summed E-state index contributed by atoms with van der Waals surface area (Å²) in [6.45, 7) is 7.79. The van der Waals surface area contributed by atoms with Gasteiger partial charge in [0, 0.05) is 25.7 Å². The van der Waals surface area contributed by atoms with Crippen molar-refractivity contribution < 1.29 is 19.4 Å². The van der Waals surface area contributed by atoms with Gasteiger partial charge in [0.15, 0.2) is 0 Å². The van der Waals surface area contributed by atoms with Gasteiger partial charge in [-0.15, -0.1) is 11.3 Å². The molecule has 1 aromatic heterocycles. The van der Waals surface area contributed by atoms with E-state index >= 15 is 0 Å². The van der Waals surface area contributed by atoms with Gasteiger partial charge in [-0.3, -0.25) is 0 Å². The largest absolute Gasteiger partial charge is 0.495 e. The van der Waals surface area contributed by atoms with Gasteiger partial charge in [0.05, 0.1) is 12.0 Å². The van der Waals surface area contributed by atoms with Crippen molar-refractivity contribution in [2.75, 3.05) is 26.7 Å². The zero-order valence-electron chi connectivity index (χ0n) is 18.9. The minimum atomic E-state index is -0.858. The van der Waals surface area contributed by atoms with Crippen molar-refractivity contribution in [2.45, 2.75) is 57.3 Å². The van der Waals surface area contributed by atoms with Gasteiger partial charge in [0.25, 0.3) is 0 Å². The summed E-state index contributed by atoms with van der Waals surface area (Å²) in [4.78, 5) is 15.6. The number of nitrogens with one attached hydrogen (secondary N) is 1. The molecule has 0 bridgehead atoms. The summed E-state index contributed by atoms with van der Waals surface area (Å²) >= 11 is 1.54. The number of methoxy groups -OCH3 is 1. The minimum Gasteiger partial charge on any atom is -0.495 e. The van der Waals surface area contributed by atoms with Crippen molar-refractivity contribution in [3.8, 4) is 5.75 Å². The quantitative estimate of drug-likeness (QED) is 0.668. The molecule has 0 radical (unpaired) electrons. The van der Waals surface area contributed by atoms with Crippen LogP contribution in [0.5, 0.6) is 5.75 Å². The molecular formula is C24H34N2O4S. The molecular weight excluding hydrogens is 412 g/mol. The smallest absolute Gasteiger partial charge is 0.407 e.